The van der Waals surface area contributed by atoms with Gasteiger partial charge < -0.3 is 28.7 Å². The molecular formula is C36H45F2N3O6. The van der Waals surface area contributed by atoms with Crippen molar-refractivity contribution < 1.29 is 37.3 Å². The van der Waals surface area contributed by atoms with Gasteiger partial charge in [-0.3, -0.25) is 9.78 Å². The highest BCUT2D eigenvalue weighted by atomic mass is 19.3. The summed E-state index contributed by atoms with van der Waals surface area (Å²) in [7, 11) is 4.01. The molecule has 1 saturated heterocycles. The number of alkyl halides is 2. The van der Waals surface area contributed by atoms with Crippen molar-refractivity contribution in [3.63, 3.8) is 0 Å². The summed E-state index contributed by atoms with van der Waals surface area (Å²) >= 11 is 0. The van der Waals surface area contributed by atoms with E-state index in [9.17, 15) is 9.59 Å². The summed E-state index contributed by atoms with van der Waals surface area (Å²) in [4.78, 5) is 33.8. The van der Waals surface area contributed by atoms with E-state index in [0.29, 0.717) is 25.9 Å². The summed E-state index contributed by atoms with van der Waals surface area (Å²) in [5, 5.41) is 0. The second kappa shape index (κ2) is 17.5. The van der Waals surface area contributed by atoms with Crippen LogP contribution in [0, 0.1) is 0 Å². The van der Waals surface area contributed by atoms with Crippen LogP contribution in [-0.2, 0) is 28.3 Å². The van der Waals surface area contributed by atoms with E-state index in [0.717, 1.165) is 61.1 Å². The minimum Gasteiger partial charge on any atom is -0.493 e. The van der Waals surface area contributed by atoms with E-state index in [4.69, 9.17) is 18.9 Å². The molecule has 1 aromatic heterocycles. The minimum absolute atomic E-state index is 0.0197. The largest absolute Gasteiger partial charge is 0.493 e. The van der Waals surface area contributed by atoms with Crippen molar-refractivity contribution in [2.75, 3.05) is 47.6 Å². The number of unbranched alkanes of at least 4 members (excludes halogenated alkanes) is 1. The topological polar surface area (TPSA) is 90.4 Å². The molecule has 2 aromatic carbocycles. The molecule has 3 aromatic rings. The number of hydrogen-bond donors (Lipinski definition) is 0. The van der Waals surface area contributed by atoms with Gasteiger partial charge in [-0.25, -0.2) is 4.79 Å². The summed E-state index contributed by atoms with van der Waals surface area (Å²) in [5.74, 6) is -5.06. The molecule has 1 fully saturated rings. The lowest BCUT2D eigenvalue weighted by atomic mass is 9.99. The molecule has 9 nitrogen and oxygen atoms in total. The lowest BCUT2D eigenvalue weighted by Gasteiger charge is -2.37. The molecule has 1 atom stereocenters. The molecule has 0 radical (unpaired) electrons. The molecule has 0 N–H and O–H groups in total. The predicted octanol–water partition coefficient (Wildman–Crippen LogP) is 6.67. The zero-order chi connectivity index (χ0) is 33.6. The van der Waals surface area contributed by atoms with Crippen LogP contribution in [0.25, 0.3) is 0 Å². The molecule has 47 heavy (non-hydrogen) atoms. The van der Waals surface area contributed by atoms with Gasteiger partial charge in [-0.05, 0) is 80.7 Å². The Morgan fingerprint density at radius 3 is 2.23 bits per heavy atom. The van der Waals surface area contributed by atoms with Gasteiger partial charge in [0.15, 0.2) is 11.5 Å². The van der Waals surface area contributed by atoms with Crippen LogP contribution in [0.15, 0.2) is 67.0 Å². The number of halogens is 2. The number of carbonyl (C=O) groups excluding carboxylic acids is 2. The number of likely N-dealkylation sites (tertiary alicyclic amines) is 1. The Kier molecular flexibility index (Phi) is 13.2. The number of ether oxygens (including phenoxy) is 4. The minimum atomic E-state index is -3.88. The molecule has 0 saturated carbocycles. The molecule has 0 bridgehead atoms. The first-order valence-electron chi connectivity index (χ1n) is 16.1. The Bertz CT molecular complexity index is 1400. The average Bonchev–Trinajstić information content (AvgIpc) is 3.11. The number of aromatic nitrogens is 1. The number of benzene rings is 2. The van der Waals surface area contributed by atoms with Gasteiger partial charge in [0.1, 0.15) is 6.61 Å². The highest BCUT2D eigenvalue weighted by Crippen LogP contribution is 2.43. The van der Waals surface area contributed by atoms with Gasteiger partial charge in [-0.2, -0.15) is 8.78 Å². The van der Waals surface area contributed by atoms with Crippen molar-refractivity contribution in [3.05, 3.63) is 83.7 Å². The number of piperidine rings is 1. The fourth-order valence-electron chi connectivity index (χ4n) is 5.86. The predicted molar refractivity (Wildman–Crippen MR) is 174 cm³/mol. The van der Waals surface area contributed by atoms with E-state index in [-0.39, 0.29) is 30.4 Å². The molecular weight excluding hydrogens is 608 g/mol. The second-order valence-corrected chi connectivity index (χ2v) is 11.6. The zero-order valence-electron chi connectivity index (χ0n) is 27.5. The van der Waals surface area contributed by atoms with Gasteiger partial charge in [-0.15, -0.1) is 0 Å². The van der Waals surface area contributed by atoms with Crippen LogP contribution in [0.4, 0.5) is 13.6 Å². The van der Waals surface area contributed by atoms with Crippen molar-refractivity contribution >= 4 is 12.0 Å². The Balaban J connectivity index is 1.41. The normalized spacial score (nSPS) is 14.7. The lowest BCUT2D eigenvalue weighted by molar-refractivity contribution is -0.164. The molecule has 254 valence electrons. The summed E-state index contributed by atoms with van der Waals surface area (Å²) < 4.78 is 53.1. The van der Waals surface area contributed by atoms with E-state index in [1.807, 2.05) is 36.5 Å². The number of hydrogen-bond acceptors (Lipinski definition) is 7. The molecule has 0 aliphatic carbocycles. The zero-order valence-corrected chi connectivity index (χ0v) is 27.5. The highest BCUT2D eigenvalue weighted by Gasteiger charge is 2.47. The first-order chi connectivity index (χ1) is 22.8. The first kappa shape index (κ1) is 35.4. The van der Waals surface area contributed by atoms with Crippen LogP contribution in [0.3, 0.4) is 0 Å². The Hall–Kier alpha value is -4.41. The van der Waals surface area contributed by atoms with Gasteiger partial charge in [-0.1, -0.05) is 36.4 Å². The van der Waals surface area contributed by atoms with Crippen molar-refractivity contribution in [1.82, 2.24) is 14.8 Å². The SMILES string of the molecule is COc1cc(C(F)(F)C(=O)N2CCCCC2COC(=O)N(CCCCc2cccnc2)CCCc2ccccc2)cc(OC)c1OC. The molecule has 1 aliphatic rings. The lowest BCUT2D eigenvalue weighted by Crippen LogP contribution is -2.52. The standard InChI is InChI=1S/C36H45F2N3O6/c1-44-31-23-29(24-32(45-2)33(31)46-3)36(37,38)34(42)41-22-10-8-18-30(41)26-47-35(43)40(21-12-17-27-13-5-4-6-14-27)20-9-7-15-28-16-11-19-39-25-28/h4-6,11,13-14,16,19,23-25,30H,7-10,12,15,17-18,20-22,26H2,1-3H3. The van der Waals surface area contributed by atoms with Gasteiger partial charge in [0, 0.05) is 37.6 Å². The third-order valence-corrected chi connectivity index (χ3v) is 8.44. The maximum atomic E-state index is 15.8. The van der Waals surface area contributed by atoms with Gasteiger partial charge in [0.2, 0.25) is 5.75 Å². The van der Waals surface area contributed by atoms with Crippen LogP contribution in [-0.4, -0.2) is 80.4 Å². The number of rotatable bonds is 16. The third kappa shape index (κ3) is 9.56. The van der Waals surface area contributed by atoms with Crippen molar-refractivity contribution in [3.8, 4) is 17.2 Å². The van der Waals surface area contributed by atoms with Gasteiger partial charge >= 0.3 is 12.0 Å². The summed E-state index contributed by atoms with van der Waals surface area (Å²) in [6, 6.07) is 15.5. The Morgan fingerprint density at radius 1 is 0.894 bits per heavy atom. The number of pyridine rings is 1. The van der Waals surface area contributed by atoms with Crippen molar-refractivity contribution in [1.29, 1.82) is 0 Å². The van der Waals surface area contributed by atoms with Crippen molar-refractivity contribution in [2.45, 2.75) is 63.3 Å². The molecule has 0 spiro atoms. The molecule has 4 rings (SSSR count). The number of methoxy groups -OCH3 is 3. The molecule has 2 amide bonds. The summed E-state index contributed by atoms with van der Waals surface area (Å²) in [5.41, 5.74) is 1.74. The highest BCUT2D eigenvalue weighted by molar-refractivity contribution is 5.86. The number of nitrogens with zero attached hydrogens (tertiary/aromatic N) is 3. The van der Waals surface area contributed by atoms with Gasteiger partial charge in [0.25, 0.3) is 5.91 Å². The maximum Gasteiger partial charge on any atom is 0.409 e. The number of carbonyl (C=O) groups is 2. The number of amides is 2. The van der Waals surface area contributed by atoms with E-state index in [1.165, 1.54) is 26.9 Å². The number of aryl methyl sites for hydroxylation is 2. The van der Waals surface area contributed by atoms with Crippen molar-refractivity contribution in [2.24, 2.45) is 0 Å². The van der Waals surface area contributed by atoms with E-state index < -0.39 is 29.5 Å². The summed E-state index contributed by atoms with van der Waals surface area (Å²) in [6.45, 7) is 0.963. The van der Waals surface area contributed by atoms with Gasteiger partial charge in [0.05, 0.1) is 27.4 Å². The second-order valence-electron chi connectivity index (χ2n) is 11.6. The molecule has 1 unspecified atom stereocenters. The van der Waals surface area contributed by atoms with Crippen LogP contribution >= 0.6 is 0 Å². The third-order valence-electron chi connectivity index (χ3n) is 8.44. The quantitative estimate of drug-likeness (QED) is 0.160. The van der Waals surface area contributed by atoms with E-state index in [1.54, 1.807) is 11.1 Å². The smallest absolute Gasteiger partial charge is 0.409 e. The van der Waals surface area contributed by atoms with E-state index in [2.05, 4.69) is 17.1 Å². The van der Waals surface area contributed by atoms with Crippen LogP contribution in [0.1, 0.15) is 55.2 Å². The average molecular weight is 654 g/mol. The van der Waals surface area contributed by atoms with Crippen LogP contribution in [0.5, 0.6) is 17.2 Å². The van der Waals surface area contributed by atoms with Crippen LogP contribution < -0.4 is 14.2 Å². The summed E-state index contributed by atoms with van der Waals surface area (Å²) in [6.07, 6.45) is 8.87. The molecule has 1 aliphatic heterocycles. The Morgan fingerprint density at radius 2 is 1.57 bits per heavy atom. The van der Waals surface area contributed by atoms with Crippen LogP contribution in [0.2, 0.25) is 0 Å². The molecule has 11 heteroatoms. The first-order valence-corrected chi connectivity index (χ1v) is 16.1. The maximum absolute atomic E-state index is 15.8. The molecule has 2 heterocycles. The monoisotopic (exact) mass is 653 g/mol. The Labute approximate surface area is 275 Å². The fourth-order valence-corrected chi connectivity index (χ4v) is 5.86. The fraction of sp³-hybridized carbons (Fsp3) is 0.472. The van der Waals surface area contributed by atoms with E-state index >= 15 is 8.78 Å².